The Balaban J connectivity index is 2.59. The molecule has 0 aliphatic rings. The maximum Gasteiger partial charge on any atom is 0.405 e. The van der Waals surface area contributed by atoms with E-state index in [4.69, 9.17) is 5.14 Å². The lowest BCUT2D eigenvalue weighted by Gasteiger charge is -2.24. The number of primary sulfonamides is 1. The van der Waals surface area contributed by atoms with Crippen molar-refractivity contribution in [3.8, 4) is 0 Å². The van der Waals surface area contributed by atoms with E-state index in [0.717, 1.165) is 0 Å². The first kappa shape index (κ1) is 21.9. The van der Waals surface area contributed by atoms with Crippen LogP contribution in [0.3, 0.4) is 0 Å². The summed E-state index contributed by atoms with van der Waals surface area (Å²) in [7, 11) is -2.26. The first-order chi connectivity index (χ1) is 11.8. The van der Waals surface area contributed by atoms with Crippen LogP contribution in [0.2, 0.25) is 0 Å². The Labute approximate surface area is 148 Å². The van der Waals surface area contributed by atoms with E-state index in [2.05, 4.69) is 0 Å². The topological polar surface area (TPSA) is 122 Å². The van der Waals surface area contributed by atoms with Gasteiger partial charge in [-0.1, -0.05) is 12.1 Å². The van der Waals surface area contributed by atoms with E-state index in [9.17, 15) is 31.2 Å². The number of likely N-dealkylation sites (N-methyl/N-ethyl adjacent to an activating group) is 1. The number of amides is 3. The number of benzene rings is 1. The normalized spacial score (nSPS) is 13.3. The fraction of sp³-hybridized carbons (Fsp3) is 0.429. The smallest absolute Gasteiger partial charge is 0.329 e. The third kappa shape index (κ3) is 7.37. The SMILES string of the molecule is CC(c1ccc(S(N)(=O)=O)cc1)N(C)CC(=O)NC(=O)NCC(F)(F)F. The van der Waals surface area contributed by atoms with Crippen molar-refractivity contribution in [3.63, 3.8) is 0 Å². The molecule has 0 saturated carbocycles. The Kier molecular flexibility index (Phi) is 7.12. The van der Waals surface area contributed by atoms with Gasteiger partial charge in [0.05, 0.1) is 11.4 Å². The molecule has 0 aromatic heterocycles. The molecule has 1 atom stereocenters. The van der Waals surface area contributed by atoms with Crippen LogP contribution in [0.1, 0.15) is 18.5 Å². The molecule has 1 rings (SSSR count). The maximum atomic E-state index is 12.0. The van der Waals surface area contributed by atoms with Crippen LogP contribution in [0, 0.1) is 0 Å². The number of hydrogen-bond acceptors (Lipinski definition) is 5. The van der Waals surface area contributed by atoms with Gasteiger partial charge >= 0.3 is 12.2 Å². The summed E-state index contributed by atoms with van der Waals surface area (Å²) in [6.07, 6.45) is -4.57. The van der Waals surface area contributed by atoms with Gasteiger partial charge in [-0.2, -0.15) is 13.2 Å². The van der Waals surface area contributed by atoms with E-state index in [0.29, 0.717) is 5.56 Å². The van der Waals surface area contributed by atoms with Crippen molar-refractivity contribution in [2.45, 2.75) is 24.0 Å². The van der Waals surface area contributed by atoms with Crippen LogP contribution in [0.4, 0.5) is 18.0 Å². The molecular weight excluding hydrogens is 377 g/mol. The van der Waals surface area contributed by atoms with Gasteiger partial charge in [-0.25, -0.2) is 18.4 Å². The van der Waals surface area contributed by atoms with Crippen molar-refractivity contribution in [1.82, 2.24) is 15.5 Å². The van der Waals surface area contributed by atoms with Crippen LogP contribution in [-0.4, -0.2) is 51.6 Å². The van der Waals surface area contributed by atoms with Crippen LogP contribution in [0.5, 0.6) is 0 Å². The van der Waals surface area contributed by atoms with Crippen molar-refractivity contribution in [1.29, 1.82) is 0 Å². The predicted octanol–water partition coefficient (Wildman–Crippen LogP) is 0.715. The predicted molar refractivity (Wildman–Crippen MR) is 86.5 cm³/mol. The van der Waals surface area contributed by atoms with Gasteiger partial charge in [0.2, 0.25) is 15.9 Å². The van der Waals surface area contributed by atoms with Crippen LogP contribution in [0.25, 0.3) is 0 Å². The largest absolute Gasteiger partial charge is 0.405 e. The number of sulfonamides is 1. The highest BCUT2D eigenvalue weighted by Gasteiger charge is 2.28. The molecule has 0 saturated heterocycles. The Morgan fingerprint density at radius 2 is 1.77 bits per heavy atom. The van der Waals surface area contributed by atoms with Gasteiger partial charge in [-0.15, -0.1) is 0 Å². The summed E-state index contributed by atoms with van der Waals surface area (Å²) in [6.45, 7) is -0.0880. The highest BCUT2D eigenvalue weighted by atomic mass is 32.2. The average molecular weight is 396 g/mol. The van der Waals surface area contributed by atoms with E-state index < -0.39 is 34.7 Å². The molecule has 4 N–H and O–H groups in total. The Morgan fingerprint density at radius 3 is 2.23 bits per heavy atom. The average Bonchev–Trinajstić information content (AvgIpc) is 2.50. The molecule has 0 heterocycles. The van der Waals surface area contributed by atoms with Crippen molar-refractivity contribution in [2.75, 3.05) is 20.1 Å². The second-order valence-electron chi connectivity index (χ2n) is 5.55. The van der Waals surface area contributed by atoms with E-state index in [-0.39, 0.29) is 17.5 Å². The van der Waals surface area contributed by atoms with Gasteiger partial charge in [0, 0.05) is 6.04 Å². The summed E-state index contributed by atoms with van der Waals surface area (Å²) in [6, 6.07) is 4.10. The maximum absolute atomic E-state index is 12.0. The zero-order valence-corrected chi connectivity index (χ0v) is 14.8. The number of halogens is 3. The number of rotatable bonds is 6. The molecule has 8 nitrogen and oxygen atoms in total. The number of hydrogen-bond donors (Lipinski definition) is 3. The molecule has 0 aliphatic heterocycles. The molecule has 0 spiro atoms. The van der Waals surface area contributed by atoms with Crippen LogP contribution < -0.4 is 15.8 Å². The fourth-order valence-electron chi connectivity index (χ4n) is 1.94. The van der Waals surface area contributed by atoms with E-state index in [1.807, 2.05) is 0 Å². The molecule has 0 fully saturated rings. The molecule has 1 unspecified atom stereocenters. The summed E-state index contributed by atoms with van der Waals surface area (Å²) >= 11 is 0. The molecule has 0 bridgehead atoms. The zero-order valence-electron chi connectivity index (χ0n) is 14.0. The number of nitrogens with zero attached hydrogens (tertiary/aromatic N) is 1. The molecule has 12 heteroatoms. The van der Waals surface area contributed by atoms with Gasteiger partial charge in [0.15, 0.2) is 0 Å². The highest BCUT2D eigenvalue weighted by molar-refractivity contribution is 7.89. The number of urea groups is 1. The molecule has 1 aromatic carbocycles. The minimum absolute atomic E-state index is 0.0600. The number of nitrogens with one attached hydrogen (secondary N) is 2. The number of carbonyl (C=O) groups is 2. The Hall–Kier alpha value is -2.18. The second-order valence-corrected chi connectivity index (χ2v) is 7.11. The van der Waals surface area contributed by atoms with Gasteiger partial charge in [-0.05, 0) is 31.7 Å². The minimum atomic E-state index is -4.57. The summed E-state index contributed by atoms with van der Waals surface area (Å²) in [4.78, 5) is 24.4. The van der Waals surface area contributed by atoms with Gasteiger partial charge in [0.1, 0.15) is 6.54 Å². The molecule has 26 heavy (non-hydrogen) atoms. The zero-order chi connectivity index (χ0) is 20.1. The van der Waals surface area contributed by atoms with Gasteiger partial charge in [0.25, 0.3) is 0 Å². The molecule has 3 amide bonds. The van der Waals surface area contributed by atoms with Crippen molar-refractivity contribution < 1.29 is 31.2 Å². The standard InChI is InChI=1S/C14H19F3N4O4S/c1-9(10-3-5-11(6-4-10)26(18,24)25)21(2)7-12(22)20-13(23)19-8-14(15,16)17/h3-6,9H,7-8H2,1-2H3,(H2,18,24,25)(H2,19,20,22,23). The first-order valence-electron chi connectivity index (χ1n) is 7.27. The Bertz CT molecular complexity index is 750. The molecule has 146 valence electrons. The number of carbonyl (C=O) groups excluding carboxylic acids is 2. The Morgan fingerprint density at radius 1 is 1.23 bits per heavy atom. The lowest BCUT2D eigenvalue weighted by atomic mass is 10.1. The summed E-state index contributed by atoms with van der Waals surface area (Å²) < 4.78 is 58.4. The number of alkyl halides is 3. The van der Waals surface area contributed by atoms with Crippen LogP contribution in [0.15, 0.2) is 29.2 Å². The van der Waals surface area contributed by atoms with Crippen molar-refractivity contribution in [2.24, 2.45) is 5.14 Å². The van der Waals surface area contributed by atoms with Gasteiger partial charge in [-0.3, -0.25) is 15.0 Å². The molecule has 0 aliphatic carbocycles. The summed E-state index contributed by atoms with van der Waals surface area (Å²) in [5, 5.41) is 8.32. The highest BCUT2D eigenvalue weighted by Crippen LogP contribution is 2.20. The van der Waals surface area contributed by atoms with E-state index >= 15 is 0 Å². The third-order valence-corrected chi connectivity index (χ3v) is 4.38. The molecular formula is C14H19F3N4O4S. The summed E-state index contributed by atoms with van der Waals surface area (Å²) in [5.74, 6) is -0.791. The third-order valence-electron chi connectivity index (χ3n) is 3.45. The van der Waals surface area contributed by atoms with E-state index in [1.54, 1.807) is 19.3 Å². The van der Waals surface area contributed by atoms with E-state index in [1.165, 1.54) is 34.5 Å². The minimum Gasteiger partial charge on any atom is -0.329 e. The van der Waals surface area contributed by atoms with Crippen molar-refractivity contribution in [3.05, 3.63) is 29.8 Å². The number of nitrogens with two attached hydrogens (primary N) is 1. The van der Waals surface area contributed by atoms with Crippen molar-refractivity contribution >= 4 is 22.0 Å². The van der Waals surface area contributed by atoms with Crippen LogP contribution in [-0.2, 0) is 14.8 Å². The first-order valence-corrected chi connectivity index (χ1v) is 8.81. The summed E-state index contributed by atoms with van der Waals surface area (Å²) in [5.41, 5.74) is 0.675. The molecule has 0 radical (unpaired) electrons. The second kappa shape index (κ2) is 8.47. The molecule has 1 aromatic rings. The number of imide groups is 1. The lowest BCUT2D eigenvalue weighted by molar-refractivity contribution is -0.125. The quantitative estimate of drug-likeness (QED) is 0.654. The van der Waals surface area contributed by atoms with Crippen LogP contribution >= 0.6 is 0 Å². The lowest BCUT2D eigenvalue weighted by Crippen LogP contribution is -2.46. The monoisotopic (exact) mass is 396 g/mol. The fourth-order valence-corrected chi connectivity index (χ4v) is 2.46. The van der Waals surface area contributed by atoms with Gasteiger partial charge < -0.3 is 5.32 Å².